The van der Waals surface area contributed by atoms with Crippen LogP contribution in [0.25, 0.3) is 0 Å². The van der Waals surface area contributed by atoms with Gasteiger partial charge in [-0.1, -0.05) is 65.7 Å². The highest BCUT2D eigenvalue weighted by molar-refractivity contribution is 5.72. The lowest BCUT2D eigenvalue weighted by Gasteiger charge is -2.41. The van der Waals surface area contributed by atoms with E-state index in [1.807, 2.05) is 0 Å². The fourth-order valence-corrected chi connectivity index (χ4v) is 7.06. The zero-order chi connectivity index (χ0) is 21.3. The highest BCUT2D eigenvalue weighted by Crippen LogP contribution is 2.45. The molecule has 2 nitrogen and oxygen atoms in total. The Morgan fingerprint density at radius 2 is 1.37 bits per heavy atom. The average Bonchev–Trinajstić information content (AvgIpc) is 2.77. The van der Waals surface area contributed by atoms with E-state index < -0.39 is 0 Å². The lowest BCUT2D eigenvalue weighted by molar-refractivity contribution is -0.157. The molecule has 0 amide bonds. The largest absolute Gasteiger partial charge is 0.462 e. The van der Waals surface area contributed by atoms with Gasteiger partial charge in [0.15, 0.2) is 0 Å². The van der Waals surface area contributed by atoms with Gasteiger partial charge < -0.3 is 4.74 Å². The van der Waals surface area contributed by atoms with Gasteiger partial charge in [0.25, 0.3) is 0 Å². The van der Waals surface area contributed by atoms with Gasteiger partial charge in [-0.05, 0) is 93.8 Å². The molecule has 0 radical (unpaired) electrons. The molecule has 0 aromatic carbocycles. The maximum absolute atomic E-state index is 12.8. The zero-order valence-electron chi connectivity index (χ0n) is 20.4. The molecule has 3 fully saturated rings. The minimum Gasteiger partial charge on any atom is -0.462 e. The van der Waals surface area contributed by atoms with Gasteiger partial charge in [0.05, 0.1) is 5.92 Å². The zero-order valence-corrected chi connectivity index (χ0v) is 20.4. The van der Waals surface area contributed by atoms with Crippen molar-refractivity contribution in [3.63, 3.8) is 0 Å². The van der Waals surface area contributed by atoms with Crippen LogP contribution in [0.15, 0.2) is 0 Å². The first-order valence-electron chi connectivity index (χ1n) is 13.8. The van der Waals surface area contributed by atoms with Gasteiger partial charge in [0, 0.05) is 0 Å². The maximum Gasteiger partial charge on any atom is 0.309 e. The molecule has 174 valence electrons. The van der Waals surface area contributed by atoms with Crippen LogP contribution in [0.4, 0.5) is 0 Å². The van der Waals surface area contributed by atoms with E-state index in [-0.39, 0.29) is 18.0 Å². The molecule has 3 aliphatic rings. The summed E-state index contributed by atoms with van der Waals surface area (Å²) in [6.07, 6.45) is 22.2. The van der Waals surface area contributed by atoms with Gasteiger partial charge in [-0.15, -0.1) is 0 Å². The predicted octanol–water partition coefficient (Wildman–Crippen LogP) is 8.33. The Morgan fingerprint density at radius 1 is 0.767 bits per heavy atom. The minimum absolute atomic E-state index is 0.141. The number of esters is 1. The van der Waals surface area contributed by atoms with Crippen molar-refractivity contribution in [1.82, 2.24) is 0 Å². The van der Waals surface area contributed by atoms with Crippen molar-refractivity contribution in [1.29, 1.82) is 0 Å². The van der Waals surface area contributed by atoms with Gasteiger partial charge in [0.2, 0.25) is 0 Å². The van der Waals surface area contributed by atoms with Crippen LogP contribution in [0, 0.1) is 35.5 Å². The van der Waals surface area contributed by atoms with Crippen molar-refractivity contribution >= 4 is 5.97 Å². The predicted molar refractivity (Wildman–Crippen MR) is 126 cm³/mol. The molecular weight excluding hydrogens is 368 g/mol. The molecule has 0 bridgehead atoms. The van der Waals surface area contributed by atoms with Crippen LogP contribution in [-0.2, 0) is 9.53 Å². The highest BCUT2D eigenvalue weighted by Gasteiger charge is 2.37. The number of unbranched alkanes of at least 4 members (excludes halogenated alkanes) is 2. The number of rotatable bonds is 9. The van der Waals surface area contributed by atoms with E-state index in [1.165, 1.54) is 83.5 Å². The van der Waals surface area contributed by atoms with E-state index in [1.54, 1.807) is 0 Å². The molecule has 3 atom stereocenters. The Labute approximate surface area is 187 Å². The topological polar surface area (TPSA) is 26.3 Å². The Balaban J connectivity index is 1.35. The first-order chi connectivity index (χ1) is 14.6. The Kier molecular flexibility index (Phi) is 10.0. The first-order valence-corrected chi connectivity index (χ1v) is 13.8. The number of carbonyl (C=O) groups is 1. The van der Waals surface area contributed by atoms with Gasteiger partial charge in [-0.3, -0.25) is 4.79 Å². The van der Waals surface area contributed by atoms with Gasteiger partial charge in [0.1, 0.15) is 6.10 Å². The lowest BCUT2D eigenvalue weighted by atomic mass is 9.64. The third-order valence-electron chi connectivity index (χ3n) is 9.06. The van der Waals surface area contributed by atoms with Crippen molar-refractivity contribution < 1.29 is 9.53 Å². The van der Waals surface area contributed by atoms with E-state index in [2.05, 4.69) is 20.8 Å². The fraction of sp³-hybridized carbons (Fsp3) is 0.964. The summed E-state index contributed by atoms with van der Waals surface area (Å²) < 4.78 is 6.00. The van der Waals surface area contributed by atoms with Crippen molar-refractivity contribution in [2.75, 3.05) is 0 Å². The molecule has 3 aliphatic carbocycles. The third-order valence-corrected chi connectivity index (χ3v) is 9.06. The van der Waals surface area contributed by atoms with E-state index >= 15 is 0 Å². The fourth-order valence-electron chi connectivity index (χ4n) is 7.06. The summed E-state index contributed by atoms with van der Waals surface area (Å²) in [5.74, 6) is 4.87. The van der Waals surface area contributed by atoms with Crippen molar-refractivity contribution in [3.8, 4) is 0 Å². The van der Waals surface area contributed by atoms with Crippen molar-refractivity contribution in [3.05, 3.63) is 0 Å². The van der Waals surface area contributed by atoms with Crippen LogP contribution in [0.2, 0.25) is 0 Å². The summed E-state index contributed by atoms with van der Waals surface area (Å²) in [6.45, 7) is 7.11. The number of hydrogen-bond acceptors (Lipinski definition) is 2. The Hall–Kier alpha value is -0.530. The summed E-state index contributed by atoms with van der Waals surface area (Å²) in [5.41, 5.74) is 0. The van der Waals surface area contributed by atoms with Crippen LogP contribution in [0.3, 0.4) is 0 Å². The minimum atomic E-state index is 0.141. The molecule has 0 heterocycles. The molecule has 0 saturated heterocycles. The third kappa shape index (κ3) is 6.99. The summed E-state index contributed by atoms with van der Waals surface area (Å²) in [5, 5.41) is 0. The van der Waals surface area contributed by atoms with E-state index in [4.69, 9.17) is 4.74 Å². The van der Waals surface area contributed by atoms with Crippen LogP contribution in [0.5, 0.6) is 0 Å². The summed E-state index contributed by atoms with van der Waals surface area (Å²) in [4.78, 5) is 12.8. The molecule has 3 saturated carbocycles. The number of ether oxygens (including phenoxy) is 1. The standard InChI is InChI=1S/C28H50O2/c1-4-6-8-22-10-17-26(18-11-22)30-28(29)25-15-13-24(14-16-25)27-19-12-23(9-7-5-2)20-21(27)3/h21-27H,4-20H2,1-3H3. The van der Waals surface area contributed by atoms with Crippen LogP contribution in [0.1, 0.15) is 130 Å². The highest BCUT2D eigenvalue weighted by atomic mass is 16.5. The average molecular weight is 419 g/mol. The van der Waals surface area contributed by atoms with Gasteiger partial charge in [-0.25, -0.2) is 0 Å². The lowest BCUT2D eigenvalue weighted by Crippen LogP contribution is -2.34. The SMILES string of the molecule is CCCCC1CCC(OC(=O)C2CCC(C3CCC(CCCC)CC3C)CC2)CC1. The Morgan fingerprint density at radius 3 is 1.97 bits per heavy atom. The molecule has 3 unspecified atom stereocenters. The number of hydrogen-bond donors (Lipinski definition) is 0. The molecule has 0 N–H and O–H groups in total. The smallest absolute Gasteiger partial charge is 0.309 e. The summed E-state index contributed by atoms with van der Waals surface area (Å²) in [6, 6.07) is 0. The first kappa shape index (κ1) is 24.1. The molecule has 0 spiro atoms. The van der Waals surface area contributed by atoms with E-state index in [0.717, 1.165) is 55.3 Å². The molecule has 2 heteroatoms. The molecule has 0 aromatic rings. The van der Waals surface area contributed by atoms with Crippen molar-refractivity contribution in [2.24, 2.45) is 35.5 Å². The van der Waals surface area contributed by atoms with Crippen LogP contribution >= 0.6 is 0 Å². The second-order valence-corrected chi connectivity index (χ2v) is 11.3. The molecule has 0 aliphatic heterocycles. The second-order valence-electron chi connectivity index (χ2n) is 11.3. The molecule has 3 rings (SSSR count). The van der Waals surface area contributed by atoms with Gasteiger partial charge in [-0.2, -0.15) is 0 Å². The Bertz CT molecular complexity index is 485. The normalized spacial score (nSPS) is 37.6. The second kappa shape index (κ2) is 12.5. The van der Waals surface area contributed by atoms with Gasteiger partial charge >= 0.3 is 5.97 Å². The summed E-state index contributed by atoms with van der Waals surface area (Å²) in [7, 11) is 0. The molecule has 0 aromatic heterocycles. The summed E-state index contributed by atoms with van der Waals surface area (Å²) >= 11 is 0. The van der Waals surface area contributed by atoms with E-state index in [9.17, 15) is 4.79 Å². The van der Waals surface area contributed by atoms with E-state index in [0.29, 0.717) is 0 Å². The number of carbonyl (C=O) groups excluding carboxylic acids is 1. The quantitative estimate of drug-likeness (QED) is 0.352. The molecule has 30 heavy (non-hydrogen) atoms. The van der Waals surface area contributed by atoms with Crippen LogP contribution in [-0.4, -0.2) is 12.1 Å². The van der Waals surface area contributed by atoms with Crippen molar-refractivity contribution in [2.45, 2.75) is 136 Å². The maximum atomic E-state index is 12.8. The monoisotopic (exact) mass is 418 g/mol. The van der Waals surface area contributed by atoms with Crippen LogP contribution < -0.4 is 0 Å². The molecular formula is C28H50O2.